The average Bonchev–Trinajstić information content (AvgIpc) is 2.28. The Kier molecular flexibility index (Phi) is 5.56. The second kappa shape index (κ2) is 6.71. The molecule has 0 fully saturated rings. The molecule has 0 bridgehead atoms. The number of alkyl halides is 2. The minimum atomic E-state index is -2.89. The van der Waals surface area contributed by atoms with Crippen molar-refractivity contribution < 1.29 is 18.6 Å². The van der Waals surface area contributed by atoms with Gasteiger partial charge in [-0.3, -0.25) is 0 Å². The number of hydrogen-bond acceptors (Lipinski definition) is 2. The highest BCUT2D eigenvalue weighted by Crippen LogP contribution is 2.27. The summed E-state index contributed by atoms with van der Waals surface area (Å²) in [5.74, 6) is 0.148. The second-order valence-corrected chi connectivity index (χ2v) is 4.53. The first-order chi connectivity index (χ1) is 8.43. The quantitative estimate of drug-likeness (QED) is 0.882. The van der Waals surface area contributed by atoms with Gasteiger partial charge >= 0.3 is 6.61 Å². The molecule has 1 rings (SSSR count). The van der Waals surface area contributed by atoms with Gasteiger partial charge in [0, 0.05) is 10.6 Å². The first-order valence-corrected chi connectivity index (χ1v) is 5.87. The van der Waals surface area contributed by atoms with E-state index < -0.39 is 6.61 Å². The van der Waals surface area contributed by atoms with Gasteiger partial charge in [-0.05, 0) is 35.8 Å². The summed E-state index contributed by atoms with van der Waals surface area (Å²) in [6.07, 6.45) is 1.62. The molecule has 100 valence electrons. The lowest BCUT2D eigenvalue weighted by Gasteiger charge is -2.12. The van der Waals surface area contributed by atoms with Crippen LogP contribution in [0.4, 0.5) is 8.78 Å². The maximum atomic E-state index is 12.3. The molecule has 0 unspecified atom stereocenters. The van der Waals surface area contributed by atoms with Crippen LogP contribution in [0.1, 0.15) is 19.4 Å². The smallest absolute Gasteiger partial charge is 0.387 e. The molecule has 0 spiro atoms. The number of halogens is 3. The van der Waals surface area contributed by atoms with Gasteiger partial charge in [-0.2, -0.15) is 8.78 Å². The van der Waals surface area contributed by atoms with Crippen molar-refractivity contribution in [2.75, 3.05) is 6.61 Å². The molecule has 0 amide bonds. The zero-order valence-electron chi connectivity index (χ0n) is 10.2. The molecule has 0 radical (unpaired) electrons. The van der Waals surface area contributed by atoms with Crippen LogP contribution in [-0.4, -0.2) is 18.3 Å². The van der Waals surface area contributed by atoms with Crippen LogP contribution in [-0.2, 0) is 0 Å². The van der Waals surface area contributed by atoms with E-state index >= 15 is 0 Å². The molecule has 0 aliphatic heterocycles. The van der Waals surface area contributed by atoms with E-state index in [9.17, 15) is 13.9 Å². The van der Waals surface area contributed by atoms with Crippen molar-refractivity contribution in [2.24, 2.45) is 5.92 Å². The minimum Gasteiger partial charge on any atom is -0.434 e. The number of hydrogen-bond donors (Lipinski definition) is 1. The number of ether oxygens (including phenoxy) is 1. The zero-order chi connectivity index (χ0) is 13.7. The summed E-state index contributed by atoms with van der Waals surface area (Å²) in [7, 11) is 0. The Bertz CT molecular complexity index is 431. The van der Waals surface area contributed by atoms with Crippen LogP contribution in [0.5, 0.6) is 5.75 Å². The summed E-state index contributed by atoms with van der Waals surface area (Å²) in [5, 5.41) is 9.63. The van der Waals surface area contributed by atoms with Crippen LogP contribution in [0, 0.1) is 5.92 Å². The van der Waals surface area contributed by atoms with E-state index in [-0.39, 0.29) is 18.3 Å². The van der Waals surface area contributed by atoms with Gasteiger partial charge in [-0.1, -0.05) is 25.4 Å². The van der Waals surface area contributed by atoms with Gasteiger partial charge in [-0.25, -0.2) is 0 Å². The van der Waals surface area contributed by atoms with Crippen molar-refractivity contribution in [3.8, 4) is 5.75 Å². The van der Waals surface area contributed by atoms with Crippen molar-refractivity contribution in [1.29, 1.82) is 0 Å². The fourth-order valence-electron chi connectivity index (χ4n) is 1.43. The molecule has 0 saturated carbocycles. The molecular weight excluding hydrogens is 262 g/mol. The fourth-order valence-corrected chi connectivity index (χ4v) is 1.61. The van der Waals surface area contributed by atoms with E-state index in [0.717, 1.165) is 5.57 Å². The third-order valence-corrected chi connectivity index (χ3v) is 2.69. The van der Waals surface area contributed by atoms with Gasteiger partial charge in [0.05, 0.1) is 6.61 Å². The Labute approximate surface area is 110 Å². The molecule has 0 heterocycles. The summed E-state index contributed by atoms with van der Waals surface area (Å²) in [6, 6.07) is 4.39. The highest BCUT2D eigenvalue weighted by molar-refractivity contribution is 6.30. The predicted molar refractivity (Wildman–Crippen MR) is 68.0 cm³/mol. The highest BCUT2D eigenvalue weighted by Gasteiger charge is 2.10. The van der Waals surface area contributed by atoms with E-state index in [2.05, 4.69) is 4.74 Å². The molecule has 0 atom stereocenters. The Morgan fingerprint density at radius 3 is 2.61 bits per heavy atom. The Hall–Kier alpha value is -1.13. The van der Waals surface area contributed by atoms with Crippen molar-refractivity contribution in [3.05, 3.63) is 34.4 Å². The van der Waals surface area contributed by atoms with E-state index in [1.54, 1.807) is 6.08 Å². The molecule has 5 heteroatoms. The second-order valence-electron chi connectivity index (χ2n) is 4.09. The molecule has 0 aromatic heterocycles. The van der Waals surface area contributed by atoms with Crippen molar-refractivity contribution in [3.63, 3.8) is 0 Å². The third-order valence-electron chi connectivity index (χ3n) is 2.45. The molecule has 2 nitrogen and oxygen atoms in total. The largest absolute Gasteiger partial charge is 0.434 e. The Morgan fingerprint density at radius 2 is 2.11 bits per heavy atom. The molecule has 1 aromatic carbocycles. The van der Waals surface area contributed by atoms with Crippen LogP contribution in [0.15, 0.2) is 23.8 Å². The lowest BCUT2D eigenvalue weighted by atomic mass is 10.0. The van der Waals surface area contributed by atoms with Crippen LogP contribution in [0.3, 0.4) is 0 Å². The number of aliphatic hydroxyl groups excluding tert-OH is 1. The van der Waals surface area contributed by atoms with Crippen LogP contribution in [0.2, 0.25) is 5.02 Å². The maximum absolute atomic E-state index is 12.3. The van der Waals surface area contributed by atoms with Gasteiger partial charge in [0.2, 0.25) is 0 Å². The lowest BCUT2D eigenvalue weighted by Crippen LogP contribution is -2.04. The van der Waals surface area contributed by atoms with Crippen LogP contribution < -0.4 is 4.74 Å². The molecule has 1 aromatic rings. The summed E-state index contributed by atoms with van der Waals surface area (Å²) in [4.78, 5) is 0. The fraction of sp³-hybridized carbons (Fsp3) is 0.385. The summed E-state index contributed by atoms with van der Waals surface area (Å²) < 4.78 is 28.9. The topological polar surface area (TPSA) is 29.5 Å². The van der Waals surface area contributed by atoms with Gasteiger partial charge in [0.25, 0.3) is 0 Å². The van der Waals surface area contributed by atoms with E-state index in [1.807, 2.05) is 13.8 Å². The number of aliphatic hydroxyl groups is 1. The van der Waals surface area contributed by atoms with Crippen molar-refractivity contribution >= 4 is 17.7 Å². The molecular formula is C13H15ClF2O2. The van der Waals surface area contributed by atoms with Crippen LogP contribution in [0.25, 0.3) is 6.08 Å². The van der Waals surface area contributed by atoms with Crippen molar-refractivity contribution in [2.45, 2.75) is 20.5 Å². The summed E-state index contributed by atoms with van der Waals surface area (Å²) in [5.41, 5.74) is 1.15. The summed E-state index contributed by atoms with van der Waals surface area (Å²) >= 11 is 5.82. The number of rotatable bonds is 5. The van der Waals surface area contributed by atoms with Crippen LogP contribution >= 0.6 is 11.6 Å². The van der Waals surface area contributed by atoms with Crippen molar-refractivity contribution in [1.82, 2.24) is 0 Å². The monoisotopic (exact) mass is 276 g/mol. The normalized spacial score (nSPS) is 12.3. The first kappa shape index (κ1) is 14.9. The standard InChI is InChI=1S/C13H15ClF2O2/c1-8(2)10(7-17)5-9-6-11(14)3-4-12(9)18-13(15)16/h3-6,8,13,17H,7H2,1-2H3. The zero-order valence-corrected chi connectivity index (χ0v) is 10.9. The maximum Gasteiger partial charge on any atom is 0.387 e. The lowest BCUT2D eigenvalue weighted by molar-refractivity contribution is -0.0499. The van der Waals surface area contributed by atoms with Gasteiger partial charge in [0.15, 0.2) is 0 Å². The minimum absolute atomic E-state index is 0.0426. The van der Waals surface area contributed by atoms with Gasteiger partial charge in [-0.15, -0.1) is 0 Å². The SMILES string of the molecule is CC(C)C(=Cc1cc(Cl)ccc1OC(F)F)CO. The highest BCUT2D eigenvalue weighted by atomic mass is 35.5. The molecule has 18 heavy (non-hydrogen) atoms. The molecule has 1 N–H and O–H groups in total. The Morgan fingerprint density at radius 1 is 1.44 bits per heavy atom. The predicted octanol–water partition coefficient (Wildman–Crippen LogP) is 3.97. The molecule has 0 saturated heterocycles. The first-order valence-electron chi connectivity index (χ1n) is 5.49. The van der Waals surface area contributed by atoms with Gasteiger partial charge in [0.1, 0.15) is 5.75 Å². The number of benzene rings is 1. The van der Waals surface area contributed by atoms with Gasteiger partial charge < -0.3 is 9.84 Å². The summed E-state index contributed by atoms with van der Waals surface area (Å²) in [6.45, 7) is 0.772. The average molecular weight is 277 g/mol. The Balaban J connectivity index is 3.16. The van der Waals surface area contributed by atoms with E-state index in [4.69, 9.17) is 11.6 Å². The molecule has 0 aliphatic rings. The third kappa shape index (κ3) is 4.27. The van der Waals surface area contributed by atoms with E-state index in [1.165, 1.54) is 18.2 Å². The van der Waals surface area contributed by atoms with E-state index in [0.29, 0.717) is 10.6 Å². The molecule has 0 aliphatic carbocycles.